The van der Waals surface area contributed by atoms with Gasteiger partial charge in [-0.15, -0.1) is 0 Å². The van der Waals surface area contributed by atoms with Gasteiger partial charge in [-0.05, 0) is 30.9 Å². The highest BCUT2D eigenvalue weighted by molar-refractivity contribution is 5.66. The summed E-state index contributed by atoms with van der Waals surface area (Å²) >= 11 is 0. The highest BCUT2D eigenvalue weighted by Crippen LogP contribution is 2.43. The first kappa shape index (κ1) is 11.5. The van der Waals surface area contributed by atoms with E-state index in [0.717, 1.165) is 0 Å². The first-order chi connectivity index (χ1) is 8.79. The van der Waals surface area contributed by atoms with Crippen molar-refractivity contribution >= 4 is 0 Å². The van der Waals surface area contributed by atoms with Crippen molar-refractivity contribution in [2.45, 2.75) is 31.8 Å². The van der Waals surface area contributed by atoms with Gasteiger partial charge in [0, 0.05) is 24.3 Å². The number of nitrogens with zero attached hydrogens (tertiary/aromatic N) is 1. The molecule has 0 saturated heterocycles. The molecule has 1 heterocycles. The summed E-state index contributed by atoms with van der Waals surface area (Å²) < 4.78 is 5.32. The van der Waals surface area contributed by atoms with Crippen LogP contribution in [0, 0.1) is 0 Å². The minimum atomic E-state index is 0.145. The topological polar surface area (TPSA) is 37.9 Å². The summed E-state index contributed by atoms with van der Waals surface area (Å²) in [5.74, 6) is 0.695. The molecule has 1 aliphatic rings. The summed E-state index contributed by atoms with van der Waals surface area (Å²) in [7, 11) is 1.74. The molecule has 3 rings (SSSR count). The van der Waals surface area contributed by atoms with Crippen LogP contribution in [0.3, 0.4) is 0 Å². The molecule has 1 saturated carbocycles. The van der Waals surface area contributed by atoms with Crippen LogP contribution in [0.25, 0.3) is 11.1 Å². The molecule has 0 unspecified atom stereocenters. The lowest BCUT2D eigenvalue weighted by atomic mass is 10.0. The minimum Gasteiger partial charge on any atom is -0.377 e. The highest BCUT2D eigenvalue weighted by Gasteiger charge is 2.28. The number of benzene rings is 1. The smallest absolute Gasteiger partial charge is 0.0793 e. The van der Waals surface area contributed by atoms with Crippen molar-refractivity contribution in [2.75, 3.05) is 7.11 Å². The molecular formula is C15H18N2O. The van der Waals surface area contributed by atoms with E-state index in [9.17, 15) is 0 Å². The van der Waals surface area contributed by atoms with Crippen LogP contribution < -0.4 is 0 Å². The summed E-state index contributed by atoms with van der Waals surface area (Å²) in [4.78, 5) is 0. The van der Waals surface area contributed by atoms with Crippen LogP contribution in [-0.2, 0) is 4.74 Å². The molecule has 2 aromatic rings. The largest absolute Gasteiger partial charge is 0.377 e. The third-order valence-electron chi connectivity index (χ3n) is 3.70. The molecule has 1 atom stereocenters. The molecule has 94 valence electrons. The van der Waals surface area contributed by atoms with Crippen LogP contribution in [0.1, 0.15) is 43.0 Å². The Kier molecular flexibility index (Phi) is 2.92. The second kappa shape index (κ2) is 4.58. The van der Waals surface area contributed by atoms with Gasteiger partial charge in [0.05, 0.1) is 12.3 Å². The summed E-state index contributed by atoms with van der Waals surface area (Å²) in [6, 6.07) is 8.57. The van der Waals surface area contributed by atoms with E-state index in [1.54, 1.807) is 7.11 Å². The monoisotopic (exact) mass is 242 g/mol. The van der Waals surface area contributed by atoms with Crippen molar-refractivity contribution in [1.29, 1.82) is 0 Å². The molecule has 0 bridgehead atoms. The van der Waals surface area contributed by atoms with E-state index < -0.39 is 0 Å². The van der Waals surface area contributed by atoms with Gasteiger partial charge in [-0.3, -0.25) is 5.10 Å². The number of methoxy groups -OCH3 is 1. The van der Waals surface area contributed by atoms with E-state index >= 15 is 0 Å². The Morgan fingerprint density at radius 2 is 2.00 bits per heavy atom. The van der Waals surface area contributed by atoms with E-state index in [1.807, 2.05) is 6.20 Å². The van der Waals surface area contributed by atoms with Crippen molar-refractivity contribution in [3.8, 4) is 11.1 Å². The maximum absolute atomic E-state index is 5.32. The highest BCUT2D eigenvalue weighted by atomic mass is 16.5. The quantitative estimate of drug-likeness (QED) is 0.888. The van der Waals surface area contributed by atoms with Crippen LogP contribution in [0.5, 0.6) is 0 Å². The molecular weight excluding hydrogens is 224 g/mol. The Morgan fingerprint density at radius 3 is 2.61 bits per heavy atom. The van der Waals surface area contributed by atoms with E-state index in [0.29, 0.717) is 5.92 Å². The van der Waals surface area contributed by atoms with E-state index in [-0.39, 0.29) is 6.10 Å². The lowest BCUT2D eigenvalue weighted by molar-refractivity contribution is 0.119. The summed E-state index contributed by atoms with van der Waals surface area (Å²) in [5.41, 5.74) is 4.98. The van der Waals surface area contributed by atoms with Crippen molar-refractivity contribution in [2.24, 2.45) is 0 Å². The van der Waals surface area contributed by atoms with Crippen LogP contribution in [0.15, 0.2) is 30.5 Å². The Hall–Kier alpha value is -1.61. The van der Waals surface area contributed by atoms with Crippen LogP contribution in [-0.4, -0.2) is 17.3 Å². The van der Waals surface area contributed by atoms with Gasteiger partial charge in [0.25, 0.3) is 0 Å². The summed E-state index contributed by atoms with van der Waals surface area (Å²) in [6.07, 6.45) is 4.65. The number of nitrogens with one attached hydrogen (secondary N) is 1. The minimum absolute atomic E-state index is 0.145. The van der Waals surface area contributed by atoms with Gasteiger partial charge in [-0.25, -0.2) is 0 Å². The fourth-order valence-electron chi connectivity index (χ4n) is 2.28. The summed E-state index contributed by atoms with van der Waals surface area (Å²) in [5, 5.41) is 7.32. The predicted octanol–water partition coefficient (Wildman–Crippen LogP) is 3.66. The molecule has 1 fully saturated rings. The number of rotatable bonds is 4. The zero-order valence-electron chi connectivity index (χ0n) is 10.8. The number of aromatic amines is 1. The van der Waals surface area contributed by atoms with E-state index in [4.69, 9.17) is 4.74 Å². The molecule has 3 heteroatoms. The number of H-pyrrole nitrogens is 1. The second-order valence-corrected chi connectivity index (χ2v) is 4.97. The molecule has 18 heavy (non-hydrogen) atoms. The van der Waals surface area contributed by atoms with E-state index in [1.165, 1.54) is 35.2 Å². The standard InChI is InChI=1S/C15H18N2O/c1-10(18-2)11-3-5-12(6-4-11)14-9-16-17-15(14)13-7-8-13/h3-6,9-10,13H,7-8H2,1-2H3,(H,16,17)/t10-/m1/s1. The average Bonchev–Trinajstić information content (AvgIpc) is 3.15. The molecule has 1 aromatic carbocycles. The Bertz CT molecular complexity index is 526. The lowest BCUT2D eigenvalue weighted by Gasteiger charge is -2.10. The van der Waals surface area contributed by atoms with Gasteiger partial charge in [0.2, 0.25) is 0 Å². The van der Waals surface area contributed by atoms with Crippen LogP contribution in [0.2, 0.25) is 0 Å². The fraction of sp³-hybridized carbons (Fsp3) is 0.400. The zero-order chi connectivity index (χ0) is 12.5. The number of aromatic nitrogens is 2. The van der Waals surface area contributed by atoms with Gasteiger partial charge in [0.1, 0.15) is 0 Å². The van der Waals surface area contributed by atoms with Gasteiger partial charge < -0.3 is 4.74 Å². The van der Waals surface area contributed by atoms with Gasteiger partial charge in [-0.1, -0.05) is 24.3 Å². The SMILES string of the molecule is CO[C@H](C)c1ccc(-c2cn[nH]c2C2CC2)cc1. The van der Waals surface area contributed by atoms with Crippen molar-refractivity contribution < 1.29 is 4.74 Å². The predicted molar refractivity (Wildman–Crippen MR) is 71.4 cm³/mol. The van der Waals surface area contributed by atoms with Gasteiger partial charge in [-0.2, -0.15) is 5.10 Å². The fourth-order valence-corrected chi connectivity index (χ4v) is 2.28. The third kappa shape index (κ3) is 2.06. The number of hydrogen-bond donors (Lipinski definition) is 1. The maximum Gasteiger partial charge on any atom is 0.0793 e. The molecule has 0 radical (unpaired) electrons. The molecule has 0 aliphatic heterocycles. The Labute approximate surface area is 107 Å². The number of ether oxygens (including phenoxy) is 1. The van der Waals surface area contributed by atoms with Crippen molar-refractivity contribution in [3.05, 3.63) is 41.7 Å². The van der Waals surface area contributed by atoms with Crippen molar-refractivity contribution in [1.82, 2.24) is 10.2 Å². The molecule has 1 N–H and O–H groups in total. The van der Waals surface area contributed by atoms with Crippen molar-refractivity contribution in [3.63, 3.8) is 0 Å². The molecule has 0 spiro atoms. The van der Waals surface area contributed by atoms with E-state index in [2.05, 4.69) is 41.4 Å². The Morgan fingerprint density at radius 1 is 1.28 bits per heavy atom. The van der Waals surface area contributed by atoms with Gasteiger partial charge >= 0.3 is 0 Å². The maximum atomic E-state index is 5.32. The van der Waals surface area contributed by atoms with Crippen LogP contribution >= 0.6 is 0 Å². The molecule has 3 nitrogen and oxygen atoms in total. The summed E-state index contributed by atoms with van der Waals surface area (Å²) in [6.45, 7) is 2.06. The molecule has 1 aliphatic carbocycles. The second-order valence-electron chi connectivity index (χ2n) is 4.97. The first-order valence-electron chi connectivity index (χ1n) is 6.46. The first-order valence-corrected chi connectivity index (χ1v) is 6.46. The lowest BCUT2D eigenvalue weighted by Crippen LogP contribution is -1.95. The third-order valence-corrected chi connectivity index (χ3v) is 3.70. The normalized spacial score (nSPS) is 16.8. The van der Waals surface area contributed by atoms with Crippen LogP contribution in [0.4, 0.5) is 0 Å². The number of hydrogen-bond acceptors (Lipinski definition) is 2. The molecule has 1 aromatic heterocycles. The van der Waals surface area contributed by atoms with Gasteiger partial charge in [0.15, 0.2) is 0 Å². The average molecular weight is 242 g/mol. The Balaban J connectivity index is 1.90. The zero-order valence-corrected chi connectivity index (χ0v) is 10.8. The molecule has 0 amide bonds.